The minimum atomic E-state index is 0.282. The van der Waals surface area contributed by atoms with Crippen molar-refractivity contribution in [3.8, 4) is 0 Å². The number of aliphatic hydroxyl groups excluding tert-OH is 1. The van der Waals surface area contributed by atoms with Crippen LogP contribution in [0.4, 0.5) is 0 Å². The fourth-order valence-electron chi connectivity index (χ4n) is 3.46. The van der Waals surface area contributed by atoms with Gasteiger partial charge in [-0.1, -0.05) is 27.2 Å². The molecule has 114 valence electrons. The van der Waals surface area contributed by atoms with Gasteiger partial charge >= 0.3 is 0 Å². The molecule has 0 aromatic heterocycles. The Bertz CT molecular complexity index is 243. The van der Waals surface area contributed by atoms with Crippen molar-refractivity contribution in [1.82, 2.24) is 10.2 Å². The quantitative estimate of drug-likeness (QED) is 0.711. The Labute approximate surface area is 119 Å². The minimum absolute atomic E-state index is 0.282. The van der Waals surface area contributed by atoms with E-state index in [-0.39, 0.29) is 6.61 Å². The Balaban J connectivity index is 2.56. The van der Waals surface area contributed by atoms with E-state index in [0.29, 0.717) is 11.5 Å². The summed E-state index contributed by atoms with van der Waals surface area (Å²) in [6, 6.07) is 0.649. The number of unbranched alkanes of at least 4 members (excludes halogenated alkanes) is 1. The van der Waals surface area contributed by atoms with Crippen molar-refractivity contribution in [3.05, 3.63) is 0 Å². The number of nitrogens with zero attached hydrogens (tertiary/aromatic N) is 1. The fraction of sp³-hybridized carbons (Fsp3) is 1.00. The van der Waals surface area contributed by atoms with E-state index in [0.717, 1.165) is 25.6 Å². The Kier molecular flexibility index (Phi) is 7.33. The molecule has 0 aromatic carbocycles. The molecule has 0 aromatic rings. The molecular formula is C16H34N2O. The molecule has 2 unspecified atom stereocenters. The second-order valence-electron chi connectivity index (χ2n) is 6.94. The monoisotopic (exact) mass is 270 g/mol. The van der Waals surface area contributed by atoms with E-state index < -0.39 is 0 Å². The summed E-state index contributed by atoms with van der Waals surface area (Å²) in [6.45, 7) is 10.4. The van der Waals surface area contributed by atoms with Gasteiger partial charge in [-0.05, 0) is 50.6 Å². The van der Waals surface area contributed by atoms with Crippen LogP contribution in [-0.2, 0) is 0 Å². The van der Waals surface area contributed by atoms with E-state index in [2.05, 4.69) is 38.0 Å². The zero-order valence-electron chi connectivity index (χ0n) is 13.4. The van der Waals surface area contributed by atoms with Crippen LogP contribution in [0.2, 0.25) is 0 Å². The molecule has 0 radical (unpaired) electrons. The number of aliphatic hydroxyl groups is 1. The maximum atomic E-state index is 9.23. The molecule has 1 saturated carbocycles. The van der Waals surface area contributed by atoms with Crippen LogP contribution in [0.5, 0.6) is 0 Å². The van der Waals surface area contributed by atoms with E-state index in [9.17, 15) is 5.11 Å². The first-order chi connectivity index (χ1) is 9.02. The molecule has 1 fully saturated rings. The van der Waals surface area contributed by atoms with E-state index in [4.69, 9.17) is 0 Å². The Morgan fingerprint density at radius 2 is 2.05 bits per heavy atom. The van der Waals surface area contributed by atoms with E-state index in [1.807, 2.05) is 0 Å². The molecule has 0 amide bonds. The maximum absolute atomic E-state index is 9.23. The van der Waals surface area contributed by atoms with Gasteiger partial charge in [0.2, 0.25) is 0 Å². The highest BCUT2D eigenvalue weighted by Gasteiger charge is 2.34. The average Bonchev–Trinajstić information content (AvgIpc) is 2.35. The first kappa shape index (κ1) is 16.9. The van der Waals surface area contributed by atoms with Crippen LogP contribution < -0.4 is 5.32 Å². The van der Waals surface area contributed by atoms with Gasteiger partial charge in [0.05, 0.1) is 6.61 Å². The van der Waals surface area contributed by atoms with Crippen molar-refractivity contribution in [2.45, 2.75) is 58.9 Å². The molecule has 1 aliphatic carbocycles. The Morgan fingerprint density at radius 3 is 2.63 bits per heavy atom. The summed E-state index contributed by atoms with van der Waals surface area (Å²) < 4.78 is 0. The molecule has 2 N–H and O–H groups in total. The smallest absolute Gasteiger partial charge is 0.0558 e. The molecule has 0 bridgehead atoms. The molecule has 0 spiro atoms. The highest BCUT2D eigenvalue weighted by Crippen LogP contribution is 2.38. The largest absolute Gasteiger partial charge is 0.395 e. The van der Waals surface area contributed by atoms with E-state index in [1.54, 1.807) is 0 Å². The summed E-state index contributed by atoms with van der Waals surface area (Å²) in [7, 11) is 2.10. The number of nitrogens with one attached hydrogen (secondary N) is 1. The molecular weight excluding hydrogens is 236 g/mol. The van der Waals surface area contributed by atoms with Crippen LogP contribution in [0.25, 0.3) is 0 Å². The lowest BCUT2D eigenvalue weighted by atomic mass is 9.69. The summed E-state index contributed by atoms with van der Waals surface area (Å²) in [6.07, 6.45) is 6.37. The minimum Gasteiger partial charge on any atom is -0.395 e. The predicted molar refractivity (Wildman–Crippen MR) is 82.4 cm³/mol. The lowest BCUT2D eigenvalue weighted by Crippen LogP contribution is -2.47. The van der Waals surface area contributed by atoms with Crippen molar-refractivity contribution >= 4 is 0 Å². The molecule has 19 heavy (non-hydrogen) atoms. The van der Waals surface area contributed by atoms with E-state index in [1.165, 1.54) is 32.1 Å². The zero-order valence-corrected chi connectivity index (χ0v) is 13.4. The van der Waals surface area contributed by atoms with Gasteiger partial charge in [0, 0.05) is 19.1 Å². The van der Waals surface area contributed by atoms with Crippen LogP contribution in [0.3, 0.4) is 0 Å². The third-order valence-corrected chi connectivity index (χ3v) is 4.62. The van der Waals surface area contributed by atoms with Gasteiger partial charge in [-0.3, -0.25) is 0 Å². The molecule has 0 aliphatic heterocycles. The zero-order chi connectivity index (χ0) is 14.3. The second kappa shape index (κ2) is 8.23. The standard InChI is InChI=1S/C16H34N2O/c1-5-6-9-18(10-11-19)13-14-12-16(2,3)8-7-15(14)17-4/h14-15,17,19H,5-13H2,1-4H3. The highest BCUT2D eigenvalue weighted by molar-refractivity contribution is 4.89. The number of hydrogen-bond donors (Lipinski definition) is 2. The Morgan fingerprint density at radius 1 is 1.32 bits per heavy atom. The maximum Gasteiger partial charge on any atom is 0.0558 e. The van der Waals surface area contributed by atoms with Gasteiger partial charge in [0.1, 0.15) is 0 Å². The fourth-order valence-corrected chi connectivity index (χ4v) is 3.46. The SMILES string of the molecule is CCCCN(CCO)CC1CC(C)(C)CCC1NC. The third kappa shape index (κ3) is 5.80. The highest BCUT2D eigenvalue weighted by atomic mass is 16.3. The van der Waals surface area contributed by atoms with Crippen LogP contribution in [0.1, 0.15) is 52.9 Å². The van der Waals surface area contributed by atoms with Gasteiger partial charge in [-0.2, -0.15) is 0 Å². The molecule has 3 nitrogen and oxygen atoms in total. The normalized spacial score (nSPS) is 26.8. The topological polar surface area (TPSA) is 35.5 Å². The number of hydrogen-bond acceptors (Lipinski definition) is 3. The number of rotatable bonds is 8. The molecule has 1 aliphatic rings. The van der Waals surface area contributed by atoms with Crippen molar-refractivity contribution in [2.24, 2.45) is 11.3 Å². The van der Waals surface area contributed by atoms with Crippen molar-refractivity contribution in [3.63, 3.8) is 0 Å². The lowest BCUT2D eigenvalue weighted by molar-refractivity contribution is 0.0931. The van der Waals surface area contributed by atoms with Gasteiger partial charge < -0.3 is 15.3 Å². The lowest BCUT2D eigenvalue weighted by Gasteiger charge is -2.42. The molecule has 0 heterocycles. The van der Waals surface area contributed by atoms with Gasteiger partial charge in [-0.15, -0.1) is 0 Å². The summed E-state index contributed by atoms with van der Waals surface area (Å²) in [4.78, 5) is 2.46. The molecule has 3 heteroatoms. The van der Waals surface area contributed by atoms with Crippen LogP contribution in [0, 0.1) is 11.3 Å². The second-order valence-corrected chi connectivity index (χ2v) is 6.94. The first-order valence-corrected chi connectivity index (χ1v) is 8.03. The first-order valence-electron chi connectivity index (χ1n) is 8.03. The van der Waals surface area contributed by atoms with Crippen LogP contribution in [-0.4, -0.2) is 49.3 Å². The van der Waals surface area contributed by atoms with Gasteiger partial charge in [0.15, 0.2) is 0 Å². The summed E-state index contributed by atoms with van der Waals surface area (Å²) in [5.41, 5.74) is 0.480. The Hall–Kier alpha value is -0.120. The van der Waals surface area contributed by atoms with Gasteiger partial charge in [-0.25, -0.2) is 0 Å². The molecule has 2 atom stereocenters. The summed E-state index contributed by atoms with van der Waals surface area (Å²) in [5.74, 6) is 0.720. The third-order valence-electron chi connectivity index (χ3n) is 4.62. The van der Waals surface area contributed by atoms with Crippen molar-refractivity contribution in [1.29, 1.82) is 0 Å². The van der Waals surface area contributed by atoms with Crippen molar-refractivity contribution in [2.75, 3.05) is 33.3 Å². The predicted octanol–water partition coefficient (Wildman–Crippen LogP) is 2.50. The van der Waals surface area contributed by atoms with Crippen molar-refractivity contribution < 1.29 is 5.11 Å². The van der Waals surface area contributed by atoms with Crippen LogP contribution >= 0.6 is 0 Å². The molecule has 0 saturated heterocycles. The van der Waals surface area contributed by atoms with Gasteiger partial charge in [0.25, 0.3) is 0 Å². The molecule has 1 rings (SSSR count). The summed E-state index contributed by atoms with van der Waals surface area (Å²) >= 11 is 0. The van der Waals surface area contributed by atoms with E-state index >= 15 is 0 Å². The van der Waals surface area contributed by atoms with Crippen LogP contribution in [0.15, 0.2) is 0 Å². The average molecular weight is 270 g/mol. The summed E-state index contributed by atoms with van der Waals surface area (Å²) in [5, 5.41) is 12.7.